The second-order valence-electron chi connectivity index (χ2n) is 6.46. The minimum Gasteiger partial charge on any atom is -0.357 e. The first-order valence-electron chi connectivity index (χ1n) is 8.15. The fraction of sp³-hybridized carbons (Fsp3) is 0.500. The molecule has 0 spiro atoms. The van der Waals surface area contributed by atoms with Crippen LogP contribution in [0.2, 0.25) is 0 Å². The lowest BCUT2D eigenvalue weighted by atomic mass is 9.85. The van der Waals surface area contributed by atoms with E-state index in [0.717, 1.165) is 32.2 Å². The maximum absolute atomic E-state index is 12.2. The highest BCUT2D eigenvalue weighted by Crippen LogP contribution is 2.41. The minimum atomic E-state index is 0.277. The smallest absolute Gasteiger partial charge is 0.136 e. The molecule has 1 saturated heterocycles. The van der Waals surface area contributed by atoms with Crippen LogP contribution in [0.5, 0.6) is 0 Å². The Hall–Kier alpha value is -1.61. The number of para-hydroxylation sites is 1. The SMILES string of the molecule is CCC[C@@H]1CC(=O)C[C@@H]2c3[nH]c4ccccc4c3CCN12. The summed E-state index contributed by atoms with van der Waals surface area (Å²) >= 11 is 0. The fourth-order valence-electron chi connectivity index (χ4n) is 4.27. The number of piperidine rings is 1. The molecule has 1 aromatic carbocycles. The van der Waals surface area contributed by atoms with Gasteiger partial charge >= 0.3 is 0 Å². The van der Waals surface area contributed by atoms with Crippen molar-refractivity contribution in [1.82, 2.24) is 9.88 Å². The van der Waals surface area contributed by atoms with Crippen molar-refractivity contribution in [3.05, 3.63) is 35.5 Å². The van der Waals surface area contributed by atoms with Gasteiger partial charge in [0.2, 0.25) is 0 Å². The van der Waals surface area contributed by atoms with E-state index in [1.54, 1.807) is 0 Å². The molecule has 21 heavy (non-hydrogen) atoms. The number of carbonyl (C=O) groups is 1. The molecule has 0 bridgehead atoms. The van der Waals surface area contributed by atoms with E-state index in [1.807, 2.05) is 0 Å². The van der Waals surface area contributed by atoms with E-state index in [9.17, 15) is 4.79 Å². The number of hydrogen-bond donors (Lipinski definition) is 1. The molecule has 110 valence electrons. The van der Waals surface area contributed by atoms with Crippen LogP contribution in [-0.4, -0.2) is 28.3 Å². The van der Waals surface area contributed by atoms with Gasteiger partial charge in [-0.3, -0.25) is 9.69 Å². The van der Waals surface area contributed by atoms with Gasteiger partial charge in [0.25, 0.3) is 0 Å². The summed E-state index contributed by atoms with van der Waals surface area (Å²) in [6, 6.07) is 9.25. The molecular weight excluding hydrogens is 260 g/mol. The highest BCUT2D eigenvalue weighted by molar-refractivity contribution is 5.86. The summed E-state index contributed by atoms with van der Waals surface area (Å²) in [5, 5.41) is 1.34. The van der Waals surface area contributed by atoms with E-state index in [-0.39, 0.29) is 6.04 Å². The molecule has 3 heteroatoms. The lowest BCUT2D eigenvalue weighted by molar-refractivity contribution is -0.126. The fourth-order valence-corrected chi connectivity index (χ4v) is 4.27. The average molecular weight is 282 g/mol. The van der Waals surface area contributed by atoms with E-state index < -0.39 is 0 Å². The third-order valence-corrected chi connectivity index (χ3v) is 5.18. The highest BCUT2D eigenvalue weighted by atomic mass is 16.1. The van der Waals surface area contributed by atoms with Crippen molar-refractivity contribution < 1.29 is 4.79 Å². The monoisotopic (exact) mass is 282 g/mol. The number of benzene rings is 1. The second kappa shape index (κ2) is 4.99. The number of carbonyl (C=O) groups excluding carboxylic acids is 1. The van der Waals surface area contributed by atoms with Crippen LogP contribution in [-0.2, 0) is 11.2 Å². The largest absolute Gasteiger partial charge is 0.357 e. The first-order chi connectivity index (χ1) is 10.3. The maximum Gasteiger partial charge on any atom is 0.136 e. The molecule has 1 aromatic heterocycles. The summed E-state index contributed by atoms with van der Waals surface area (Å²) < 4.78 is 0. The Morgan fingerprint density at radius 1 is 1.29 bits per heavy atom. The summed E-state index contributed by atoms with van der Waals surface area (Å²) in [5.41, 5.74) is 3.96. The Morgan fingerprint density at radius 3 is 3.00 bits per heavy atom. The number of aromatic amines is 1. The van der Waals surface area contributed by atoms with Crippen molar-refractivity contribution in [2.24, 2.45) is 0 Å². The molecule has 2 aromatic rings. The maximum atomic E-state index is 12.2. The van der Waals surface area contributed by atoms with E-state index in [4.69, 9.17) is 0 Å². The van der Waals surface area contributed by atoms with Crippen LogP contribution in [0.3, 0.4) is 0 Å². The molecule has 3 nitrogen and oxygen atoms in total. The quantitative estimate of drug-likeness (QED) is 0.913. The number of fused-ring (bicyclic) bond motifs is 5. The molecule has 0 radical (unpaired) electrons. The number of hydrogen-bond acceptors (Lipinski definition) is 2. The van der Waals surface area contributed by atoms with Crippen molar-refractivity contribution >= 4 is 16.7 Å². The Bertz CT molecular complexity index is 688. The topological polar surface area (TPSA) is 36.1 Å². The van der Waals surface area contributed by atoms with E-state index in [0.29, 0.717) is 18.2 Å². The average Bonchev–Trinajstić information content (AvgIpc) is 2.86. The Balaban J connectivity index is 1.78. The molecule has 2 atom stereocenters. The molecule has 2 aliphatic rings. The summed E-state index contributed by atoms with van der Waals surface area (Å²) in [6.07, 6.45) is 4.82. The standard InChI is InChI=1S/C18H22N2O/c1-2-5-12-10-13(21)11-17-18-15(8-9-20(12)17)14-6-3-4-7-16(14)19-18/h3-4,6-7,12,17,19H,2,5,8-11H2,1H3/t12-,17-/m1/s1. The van der Waals surface area contributed by atoms with Gasteiger partial charge in [-0.2, -0.15) is 0 Å². The zero-order chi connectivity index (χ0) is 14.4. The van der Waals surface area contributed by atoms with Crippen LogP contribution < -0.4 is 0 Å². The molecule has 2 aliphatic heterocycles. The summed E-state index contributed by atoms with van der Waals surface area (Å²) in [4.78, 5) is 18.4. The molecule has 1 N–H and O–H groups in total. The number of Topliss-reactive ketones (excluding diaryl/α,β-unsaturated/α-hetero) is 1. The third-order valence-electron chi connectivity index (χ3n) is 5.18. The van der Waals surface area contributed by atoms with E-state index in [2.05, 4.69) is 41.1 Å². The Kier molecular flexibility index (Phi) is 3.11. The van der Waals surface area contributed by atoms with Crippen molar-refractivity contribution in [2.75, 3.05) is 6.54 Å². The minimum absolute atomic E-state index is 0.277. The van der Waals surface area contributed by atoms with Gasteiger partial charge in [0.15, 0.2) is 0 Å². The van der Waals surface area contributed by atoms with Gasteiger partial charge in [-0.1, -0.05) is 31.5 Å². The zero-order valence-corrected chi connectivity index (χ0v) is 12.6. The highest BCUT2D eigenvalue weighted by Gasteiger charge is 2.39. The Labute approximate surface area is 125 Å². The first kappa shape index (κ1) is 13.1. The normalized spacial score (nSPS) is 25.9. The second-order valence-corrected chi connectivity index (χ2v) is 6.46. The van der Waals surface area contributed by atoms with Crippen LogP contribution in [0, 0.1) is 0 Å². The molecule has 1 fully saturated rings. The lowest BCUT2D eigenvalue weighted by Crippen LogP contribution is -2.48. The number of nitrogens with zero attached hydrogens (tertiary/aromatic N) is 1. The van der Waals surface area contributed by atoms with Crippen molar-refractivity contribution in [3.63, 3.8) is 0 Å². The number of ketones is 1. The van der Waals surface area contributed by atoms with Gasteiger partial charge in [0.05, 0.1) is 6.04 Å². The van der Waals surface area contributed by atoms with E-state index >= 15 is 0 Å². The van der Waals surface area contributed by atoms with Gasteiger partial charge in [-0.05, 0) is 24.5 Å². The van der Waals surface area contributed by atoms with Crippen molar-refractivity contribution in [2.45, 2.75) is 51.1 Å². The molecule has 0 saturated carbocycles. The summed E-state index contributed by atoms with van der Waals surface area (Å²) in [5.74, 6) is 0.432. The Morgan fingerprint density at radius 2 is 2.14 bits per heavy atom. The van der Waals surface area contributed by atoms with Crippen molar-refractivity contribution in [1.29, 1.82) is 0 Å². The van der Waals surface area contributed by atoms with E-state index in [1.165, 1.54) is 22.2 Å². The van der Waals surface area contributed by atoms with Gasteiger partial charge in [-0.25, -0.2) is 0 Å². The molecule has 3 heterocycles. The van der Waals surface area contributed by atoms with Gasteiger partial charge < -0.3 is 4.98 Å². The molecular formula is C18H22N2O. The zero-order valence-electron chi connectivity index (χ0n) is 12.6. The number of rotatable bonds is 2. The summed E-state index contributed by atoms with van der Waals surface area (Å²) in [7, 11) is 0. The number of aromatic nitrogens is 1. The van der Waals surface area contributed by atoms with Crippen LogP contribution >= 0.6 is 0 Å². The number of nitrogens with one attached hydrogen (secondary N) is 1. The summed E-state index contributed by atoms with van der Waals surface area (Å²) in [6.45, 7) is 3.31. The van der Waals surface area contributed by atoms with Gasteiger partial charge in [-0.15, -0.1) is 0 Å². The lowest BCUT2D eigenvalue weighted by Gasteiger charge is -2.44. The van der Waals surface area contributed by atoms with Crippen LogP contribution in [0.1, 0.15) is 49.9 Å². The molecule has 4 rings (SSSR count). The van der Waals surface area contributed by atoms with Crippen LogP contribution in [0.4, 0.5) is 0 Å². The van der Waals surface area contributed by atoms with Crippen molar-refractivity contribution in [3.8, 4) is 0 Å². The first-order valence-corrected chi connectivity index (χ1v) is 8.15. The van der Waals surface area contributed by atoms with Crippen LogP contribution in [0.15, 0.2) is 24.3 Å². The predicted octanol–water partition coefficient (Wildman–Crippen LogP) is 3.60. The molecule has 0 amide bonds. The predicted molar refractivity (Wildman–Crippen MR) is 84.4 cm³/mol. The van der Waals surface area contributed by atoms with Gasteiger partial charge in [0.1, 0.15) is 5.78 Å². The molecule has 0 unspecified atom stereocenters. The van der Waals surface area contributed by atoms with Gasteiger partial charge in [0, 0.05) is 42.0 Å². The number of H-pyrrole nitrogens is 1. The van der Waals surface area contributed by atoms with Crippen LogP contribution in [0.25, 0.3) is 10.9 Å². The molecule has 0 aliphatic carbocycles. The third kappa shape index (κ3) is 2.03.